The summed E-state index contributed by atoms with van der Waals surface area (Å²) in [6.45, 7) is 0. The number of hydrogen-bond donors (Lipinski definition) is 2. The van der Waals surface area contributed by atoms with Crippen molar-refractivity contribution in [3.63, 3.8) is 0 Å². The van der Waals surface area contributed by atoms with E-state index in [4.69, 9.17) is 22.7 Å². The third-order valence-corrected chi connectivity index (χ3v) is 3.09. The molecule has 108 valence electrons. The van der Waals surface area contributed by atoms with E-state index in [9.17, 15) is 9.18 Å². The molecule has 3 N–H and O–H groups in total. The number of para-hydroxylation sites is 1. The Morgan fingerprint density at radius 2 is 2.00 bits per heavy atom. The van der Waals surface area contributed by atoms with Crippen molar-refractivity contribution < 1.29 is 13.9 Å². The van der Waals surface area contributed by atoms with Crippen LogP contribution in [0.5, 0.6) is 5.75 Å². The maximum absolute atomic E-state index is 13.9. The number of nitrogens with one attached hydrogen (secondary N) is 1. The Morgan fingerprint density at radius 3 is 2.62 bits per heavy atom. The zero-order valence-corrected chi connectivity index (χ0v) is 12.0. The highest BCUT2D eigenvalue weighted by atomic mass is 32.1. The highest BCUT2D eigenvalue weighted by Gasteiger charge is 2.14. The second-order valence-corrected chi connectivity index (χ2v) is 4.65. The average Bonchev–Trinajstić information content (AvgIpc) is 2.48. The number of anilines is 1. The maximum atomic E-state index is 13.9. The Labute approximate surface area is 126 Å². The maximum Gasteiger partial charge on any atom is 0.259 e. The number of benzene rings is 2. The summed E-state index contributed by atoms with van der Waals surface area (Å²) in [6, 6.07) is 10.8. The minimum absolute atomic E-state index is 0.0471. The monoisotopic (exact) mass is 304 g/mol. The molecule has 0 spiro atoms. The first kappa shape index (κ1) is 14.9. The molecule has 21 heavy (non-hydrogen) atoms. The van der Waals surface area contributed by atoms with Gasteiger partial charge in [0.2, 0.25) is 0 Å². The molecule has 0 fully saturated rings. The Hall–Kier alpha value is -2.47. The number of carbonyl (C=O) groups is 1. The van der Waals surface area contributed by atoms with Gasteiger partial charge in [-0.3, -0.25) is 4.79 Å². The van der Waals surface area contributed by atoms with E-state index in [2.05, 4.69) is 5.32 Å². The number of hydrogen-bond acceptors (Lipinski definition) is 3. The van der Waals surface area contributed by atoms with Crippen molar-refractivity contribution in [3.8, 4) is 5.75 Å². The first-order valence-corrected chi connectivity index (χ1v) is 6.47. The third kappa shape index (κ3) is 3.35. The van der Waals surface area contributed by atoms with Crippen LogP contribution in [0.2, 0.25) is 0 Å². The van der Waals surface area contributed by atoms with Gasteiger partial charge in [0.05, 0.1) is 18.4 Å². The highest BCUT2D eigenvalue weighted by molar-refractivity contribution is 7.80. The first-order chi connectivity index (χ1) is 10.0. The summed E-state index contributed by atoms with van der Waals surface area (Å²) < 4.78 is 19.0. The van der Waals surface area contributed by atoms with Crippen molar-refractivity contribution in [2.75, 3.05) is 12.4 Å². The lowest BCUT2D eigenvalue weighted by Crippen LogP contribution is -2.15. The fourth-order valence-corrected chi connectivity index (χ4v) is 1.92. The van der Waals surface area contributed by atoms with E-state index in [0.717, 1.165) is 0 Å². The molecule has 0 saturated heterocycles. The van der Waals surface area contributed by atoms with Gasteiger partial charge < -0.3 is 15.8 Å². The second kappa shape index (κ2) is 6.32. The van der Waals surface area contributed by atoms with Crippen LogP contribution in [0.4, 0.5) is 10.1 Å². The summed E-state index contributed by atoms with van der Waals surface area (Å²) in [5.41, 5.74) is 6.19. The topological polar surface area (TPSA) is 64.3 Å². The smallest absolute Gasteiger partial charge is 0.259 e. The molecule has 0 heterocycles. The fraction of sp³-hybridized carbons (Fsp3) is 0.0667. The molecule has 1 amide bonds. The van der Waals surface area contributed by atoms with Gasteiger partial charge in [-0.25, -0.2) is 4.39 Å². The van der Waals surface area contributed by atoms with Gasteiger partial charge >= 0.3 is 0 Å². The van der Waals surface area contributed by atoms with Crippen LogP contribution < -0.4 is 15.8 Å². The molecule has 0 atom stereocenters. The standard InChI is InChI=1S/C15H13FN2O2S/c1-20-13-5-3-2-4-10(13)15(19)18-12-7-6-9(14(17)21)8-11(12)16/h2-8H,1H3,(H2,17,21)(H,18,19). The van der Waals surface area contributed by atoms with Crippen molar-refractivity contribution in [1.29, 1.82) is 0 Å². The van der Waals surface area contributed by atoms with Crippen molar-refractivity contribution in [1.82, 2.24) is 0 Å². The van der Waals surface area contributed by atoms with Crippen LogP contribution in [-0.4, -0.2) is 18.0 Å². The molecule has 4 nitrogen and oxygen atoms in total. The number of halogens is 1. The third-order valence-electron chi connectivity index (χ3n) is 2.85. The van der Waals surface area contributed by atoms with Crippen molar-refractivity contribution in [2.45, 2.75) is 0 Å². The molecule has 0 saturated carbocycles. The fourth-order valence-electron chi connectivity index (χ4n) is 1.79. The van der Waals surface area contributed by atoms with E-state index in [0.29, 0.717) is 16.9 Å². The van der Waals surface area contributed by atoms with Crippen LogP contribution in [0, 0.1) is 5.82 Å². The van der Waals surface area contributed by atoms with Crippen molar-refractivity contribution in [2.24, 2.45) is 5.73 Å². The minimum Gasteiger partial charge on any atom is -0.496 e. The van der Waals surface area contributed by atoms with E-state index in [1.165, 1.54) is 19.2 Å². The first-order valence-electron chi connectivity index (χ1n) is 6.06. The van der Waals surface area contributed by atoms with Crippen LogP contribution in [0.1, 0.15) is 15.9 Å². The summed E-state index contributed by atoms with van der Waals surface area (Å²) in [5.74, 6) is -0.659. The van der Waals surface area contributed by atoms with E-state index in [1.807, 2.05) is 0 Å². The molecule has 0 bridgehead atoms. The molecular formula is C15H13FN2O2S. The van der Waals surface area contributed by atoms with E-state index >= 15 is 0 Å². The van der Waals surface area contributed by atoms with Gasteiger partial charge in [-0.1, -0.05) is 24.4 Å². The Balaban J connectivity index is 2.26. The Bertz CT molecular complexity index is 704. The summed E-state index contributed by atoms with van der Waals surface area (Å²) in [7, 11) is 1.46. The van der Waals surface area contributed by atoms with Crippen LogP contribution in [-0.2, 0) is 0 Å². The van der Waals surface area contributed by atoms with Gasteiger partial charge in [-0.15, -0.1) is 0 Å². The van der Waals surface area contributed by atoms with Gasteiger partial charge in [0, 0.05) is 5.56 Å². The molecule has 2 rings (SSSR count). The van der Waals surface area contributed by atoms with Crippen molar-refractivity contribution in [3.05, 3.63) is 59.4 Å². The quantitative estimate of drug-likeness (QED) is 0.853. The molecule has 2 aromatic carbocycles. The lowest BCUT2D eigenvalue weighted by molar-refractivity contribution is 0.102. The second-order valence-electron chi connectivity index (χ2n) is 4.21. The van der Waals surface area contributed by atoms with Gasteiger partial charge in [0.25, 0.3) is 5.91 Å². The summed E-state index contributed by atoms with van der Waals surface area (Å²) in [4.78, 5) is 12.3. The lowest BCUT2D eigenvalue weighted by atomic mass is 10.1. The molecule has 0 unspecified atom stereocenters. The van der Waals surface area contributed by atoms with E-state index in [1.54, 1.807) is 30.3 Å². The van der Waals surface area contributed by atoms with Crippen LogP contribution in [0.15, 0.2) is 42.5 Å². The SMILES string of the molecule is COc1ccccc1C(=O)Nc1ccc(C(N)=S)cc1F. The molecule has 2 aromatic rings. The molecular weight excluding hydrogens is 291 g/mol. The van der Waals surface area contributed by atoms with Crippen LogP contribution in [0.25, 0.3) is 0 Å². The number of ether oxygens (including phenoxy) is 1. The molecule has 0 aliphatic rings. The predicted octanol–water partition coefficient (Wildman–Crippen LogP) is 2.72. The number of rotatable bonds is 4. The molecule has 0 aliphatic heterocycles. The average molecular weight is 304 g/mol. The predicted molar refractivity (Wildman–Crippen MR) is 83.2 cm³/mol. The number of carbonyl (C=O) groups excluding carboxylic acids is 1. The molecule has 0 aliphatic carbocycles. The van der Waals surface area contributed by atoms with E-state index < -0.39 is 11.7 Å². The zero-order chi connectivity index (χ0) is 15.4. The summed E-state index contributed by atoms with van der Waals surface area (Å²) in [6.07, 6.45) is 0. The van der Waals surface area contributed by atoms with Crippen molar-refractivity contribution >= 4 is 28.8 Å². The summed E-state index contributed by atoms with van der Waals surface area (Å²) in [5, 5.41) is 2.49. The van der Waals surface area contributed by atoms with E-state index in [-0.39, 0.29) is 10.7 Å². The number of amides is 1. The normalized spacial score (nSPS) is 10.0. The number of methoxy groups -OCH3 is 1. The molecule has 0 radical (unpaired) electrons. The Kier molecular flexibility index (Phi) is 4.49. The number of thiocarbonyl (C=S) groups is 1. The van der Waals surface area contributed by atoms with Gasteiger partial charge in [-0.2, -0.15) is 0 Å². The largest absolute Gasteiger partial charge is 0.496 e. The summed E-state index contributed by atoms with van der Waals surface area (Å²) >= 11 is 4.77. The molecule has 6 heteroatoms. The van der Waals surface area contributed by atoms with Crippen LogP contribution >= 0.6 is 12.2 Å². The highest BCUT2D eigenvalue weighted by Crippen LogP contribution is 2.21. The number of nitrogens with two attached hydrogens (primary N) is 1. The Morgan fingerprint density at radius 1 is 1.29 bits per heavy atom. The zero-order valence-electron chi connectivity index (χ0n) is 11.2. The lowest BCUT2D eigenvalue weighted by Gasteiger charge is -2.10. The van der Waals surface area contributed by atoms with Crippen LogP contribution in [0.3, 0.4) is 0 Å². The van der Waals surface area contributed by atoms with Gasteiger partial charge in [0.15, 0.2) is 0 Å². The van der Waals surface area contributed by atoms with Gasteiger partial charge in [-0.05, 0) is 30.3 Å². The van der Waals surface area contributed by atoms with Gasteiger partial charge in [0.1, 0.15) is 16.6 Å². The minimum atomic E-state index is -0.608. The molecule has 0 aromatic heterocycles.